The highest BCUT2D eigenvalue weighted by Crippen LogP contribution is 2.47. The van der Waals surface area contributed by atoms with Crippen molar-refractivity contribution >= 4 is 13.7 Å². The Morgan fingerprint density at radius 2 is 0.697 bits per heavy atom. The van der Waals surface area contributed by atoms with E-state index in [1.54, 1.807) is 6.08 Å². The summed E-state index contributed by atoms with van der Waals surface area (Å²) in [6, 6.07) is -1.11. The fraction of sp³-hybridized carbons (Fsp3) is 0.952. The number of unbranched alkanes of at least 4 members (excludes halogenated alkanes) is 46. The minimum absolute atomic E-state index is 0.220. The SMILES string of the molecule is CCCCCCCCCCCCCCC/C=C/[C@@H](O)[C@H](COP(=O)(O)OC1C(O)C(O)C(O)[C@@H](O)C1O)NC(=O)CCCCCCCCCCCCCCCCCCCCCCCCCCCCCCCCCCCC. The van der Waals surface area contributed by atoms with Crippen LogP contribution in [0.3, 0.4) is 0 Å². The van der Waals surface area contributed by atoms with Gasteiger partial charge in [-0.15, -0.1) is 0 Å². The van der Waals surface area contributed by atoms with Crippen molar-refractivity contribution in [3.05, 3.63) is 12.2 Å². The van der Waals surface area contributed by atoms with Crippen LogP contribution in [0.1, 0.15) is 328 Å². The summed E-state index contributed by atoms with van der Waals surface area (Å²) in [5.74, 6) is -0.333. The number of phosphoric acid groups is 1. The molecule has 0 aromatic carbocycles. The third-order valence-corrected chi connectivity index (χ3v) is 17.1. The van der Waals surface area contributed by atoms with E-state index in [1.807, 2.05) is 6.08 Å². The van der Waals surface area contributed by atoms with E-state index in [-0.39, 0.29) is 12.3 Å². The van der Waals surface area contributed by atoms with Gasteiger partial charge in [0.25, 0.3) is 0 Å². The van der Waals surface area contributed by atoms with E-state index in [2.05, 4.69) is 19.2 Å². The molecule has 9 atom stereocenters. The number of aliphatic hydroxyl groups excluding tert-OH is 6. The third-order valence-electron chi connectivity index (χ3n) is 16.1. The molecule has 8 N–H and O–H groups in total. The van der Waals surface area contributed by atoms with Crippen molar-refractivity contribution in [1.82, 2.24) is 5.32 Å². The van der Waals surface area contributed by atoms with Crippen LogP contribution in [0.25, 0.3) is 0 Å². The molecule has 452 valence electrons. The number of hydrogen-bond donors (Lipinski definition) is 8. The van der Waals surface area contributed by atoms with Crippen molar-refractivity contribution in [1.29, 1.82) is 0 Å². The molecule has 13 heteroatoms. The summed E-state index contributed by atoms with van der Waals surface area (Å²) in [6.45, 7) is 3.90. The van der Waals surface area contributed by atoms with Crippen LogP contribution in [-0.4, -0.2) is 96.8 Å². The maximum Gasteiger partial charge on any atom is 0.472 e. The van der Waals surface area contributed by atoms with Crippen molar-refractivity contribution in [2.75, 3.05) is 6.61 Å². The normalized spacial score (nSPS) is 20.6. The van der Waals surface area contributed by atoms with Crippen LogP contribution in [0.4, 0.5) is 0 Å². The Labute approximate surface area is 467 Å². The van der Waals surface area contributed by atoms with Gasteiger partial charge in [-0.2, -0.15) is 0 Å². The zero-order valence-electron chi connectivity index (χ0n) is 49.3. The lowest BCUT2D eigenvalue weighted by Gasteiger charge is -2.41. The largest absolute Gasteiger partial charge is 0.472 e. The van der Waals surface area contributed by atoms with Crippen LogP contribution in [0, 0.1) is 0 Å². The van der Waals surface area contributed by atoms with Gasteiger partial charge in [-0.25, -0.2) is 4.57 Å². The summed E-state index contributed by atoms with van der Waals surface area (Å²) < 4.78 is 23.1. The van der Waals surface area contributed by atoms with E-state index in [9.17, 15) is 44.9 Å². The fourth-order valence-electron chi connectivity index (χ4n) is 10.9. The molecule has 1 saturated carbocycles. The molecule has 1 aliphatic carbocycles. The minimum Gasteiger partial charge on any atom is -0.387 e. The number of phosphoric ester groups is 1. The molecule has 76 heavy (non-hydrogen) atoms. The highest BCUT2D eigenvalue weighted by Gasteiger charge is 2.51. The quantitative estimate of drug-likeness (QED) is 0.0163. The van der Waals surface area contributed by atoms with Crippen molar-refractivity contribution < 1.29 is 53.9 Å². The van der Waals surface area contributed by atoms with E-state index in [1.165, 1.54) is 257 Å². The Kier molecular flexibility index (Phi) is 50.2. The van der Waals surface area contributed by atoms with Gasteiger partial charge in [0.2, 0.25) is 5.91 Å². The first-order valence-electron chi connectivity index (χ1n) is 32.6. The van der Waals surface area contributed by atoms with Crippen LogP contribution < -0.4 is 5.32 Å². The number of hydrogen-bond acceptors (Lipinski definition) is 10. The third kappa shape index (κ3) is 42.0. The average molecular weight is 1100 g/mol. The van der Waals surface area contributed by atoms with Crippen LogP contribution in [0.2, 0.25) is 0 Å². The molecule has 1 fully saturated rings. The summed E-state index contributed by atoms with van der Waals surface area (Å²) in [4.78, 5) is 23.6. The van der Waals surface area contributed by atoms with Gasteiger partial charge < -0.3 is 40.8 Å². The zero-order valence-corrected chi connectivity index (χ0v) is 50.2. The van der Waals surface area contributed by atoms with Gasteiger partial charge in [-0.3, -0.25) is 13.8 Å². The molecule has 0 spiro atoms. The average Bonchev–Trinajstić information content (AvgIpc) is 3.41. The predicted octanol–water partition coefficient (Wildman–Crippen LogP) is 15.9. The summed E-state index contributed by atoms with van der Waals surface area (Å²) >= 11 is 0. The van der Waals surface area contributed by atoms with Gasteiger partial charge >= 0.3 is 7.82 Å². The van der Waals surface area contributed by atoms with E-state index >= 15 is 0 Å². The Hall–Kier alpha value is -0.920. The van der Waals surface area contributed by atoms with Gasteiger partial charge in [-0.1, -0.05) is 315 Å². The lowest BCUT2D eigenvalue weighted by Crippen LogP contribution is -2.64. The van der Waals surface area contributed by atoms with Crippen LogP contribution in [0.5, 0.6) is 0 Å². The molecule has 1 aliphatic rings. The number of allylic oxidation sites excluding steroid dienone is 1. The van der Waals surface area contributed by atoms with Crippen LogP contribution in [0.15, 0.2) is 12.2 Å². The Morgan fingerprint density at radius 3 is 1.00 bits per heavy atom. The number of nitrogens with one attached hydrogen (secondary N) is 1. The summed E-state index contributed by atoms with van der Waals surface area (Å²) in [6.07, 6.45) is 53.2. The smallest absolute Gasteiger partial charge is 0.387 e. The molecule has 1 amide bonds. The van der Waals surface area contributed by atoms with Gasteiger partial charge in [0, 0.05) is 6.42 Å². The predicted molar refractivity (Wildman–Crippen MR) is 315 cm³/mol. The lowest BCUT2D eigenvalue weighted by atomic mass is 9.85. The molecular formula is C63H124NO11P. The zero-order chi connectivity index (χ0) is 55.6. The van der Waals surface area contributed by atoms with E-state index < -0.39 is 63.2 Å². The van der Waals surface area contributed by atoms with Gasteiger partial charge in [-0.05, 0) is 19.3 Å². The first kappa shape index (κ1) is 73.1. The molecule has 0 bridgehead atoms. The van der Waals surface area contributed by atoms with Crippen LogP contribution in [-0.2, 0) is 18.4 Å². The van der Waals surface area contributed by atoms with E-state index in [0.717, 1.165) is 44.9 Å². The van der Waals surface area contributed by atoms with Crippen molar-refractivity contribution in [2.45, 2.75) is 377 Å². The molecule has 0 radical (unpaired) electrons. The summed E-state index contributed by atoms with van der Waals surface area (Å²) in [5.41, 5.74) is 0. The topological polar surface area (TPSA) is 206 Å². The standard InChI is InChI=1S/C63H124NO11P/c1-3-5-7-9-11-13-15-17-19-20-21-22-23-24-25-26-27-28-29-30-31-32-33-34-35-36-37-39-41-43-45-47-49-51-53-57(66)64-55(54-74-76(72,73)75-63-61(70)59(68)58(67)60(69)62(63)71)56(65)52-50-48-46-44-42-40-38-18-16-14-12-10-8-6-4-2/h50,52,55-56,58-63,65,67-71H,3-49,51,53-54H2,1-2H3,(H,64,66)(H,72,73)/b52-50+/t55-,56+,58?,59+,60?,61?,62?,63?/m0/s1. The Bertz CT molecular complexity index is 1330. The second kappa shape index (κ2) is 52.2. The second-order valence-electron chi connectivity index (χ2n) is 23.3. The maximum atomic E-state index is 13.1. The highest BCUT2D eigenvalue weighted by atomic mass is 31.2. The molecule has 0 aliphatic heterocycles. The van der Waals surface area contributed by atoms with Crippen molar-refractivity contribution in [3.63, 3.8) is 0 Å². The van der Waals surface area contributed by atoms with Gasteiger partial charge in [0.1, 0.15) is 36.6 Å². The molecular weight excluding hydrogens is 978 g/mol. The van der Waals surface area contributed by atoms with Crippen molar-refractivity contribution in [3.8, 4) is 0 Å². The number of carbonyl (C=O) groups is 1. The minimum atomic E-state index is -5.08. The van der Waals surface area contributed by atoms with E-state index in [0.29, 0.717) is 6.42 Å². The summed E-state index contributed by atoms with van der Waals surface area (Å²) in [5, 5.41) is 64.4. The van der Waals surface area contributed by atoms with E-state index in [4.69, 9.17) is 9.05 Å². The molecule has 0 heterocycles. The number of amides is 1. The summed E-state index contributed by atoms with van der Waals surface area (Å²) in [7, 11) is -5.08. The fourth-order valence-corrected chi connectivity index (χ4v) is 11.8. The number of rotatable bonds is 57. The van der Waals surface area contributed by atoms with Crippen molar-refractivity contribution in [2.24, 2.45) is 0 Å². The first-order chi connectivity index (χ1) is 36.9. The molecule has 12 nitrogen and oxygen atoms in total. The van der Waals surface area contributed by atoms with Gasteiger partial charge in [0.15, 0.2) is 0 Å². The maximum absolute atomic E-state index is 13.1. The molecule has 0 aromatic rings. The molecule has 0 aromatic heterocycles. The van der Waals surface area contributed by atoms with Crippen LogP contribution >= 0.6 is 7.82 Å². The number of aliphatic hydroxyl groups is 6. The highest BCUT2D eigenvalue weighted by molar-refractivity contribution is 7.47. The Morgan fingerprint density at radius 1 is 0.434 bits per heavy atom. The molecule has 6 unspecified atom stereocenters. The Balaban J connectivity index is 2.17. The lowest BCUT2D eigenvalue weighted by molar-refractivity contribution is -0.220. The second-order valence-corrected chi connectivity index (χ2v) is 24.7. The molecule has 1 rings (SSSR count). The number of carbonyl (C=O) groups excluding carboxylic acids is 1. The van der Waals surface area contributed by atoms with Gasteiger partial charge in [0.05, 0.1) is 18.8 Å². The first-order valence-corrected chi connectivity index (χ1v) is 34.1. The molecule has 0 saturated heterocycles. The monoisotopic (exact) mass is 1100 g/mol.